The molecule has 1 saturated heterocycles. The maximum atomic E-state index is 12.0. The number of nitrogens with zero attached hydrogens (tertiary/aromatic N) is 1. The molecule has 1 amide bonds. The van der Waals surface area contributed by atoms with Gasteiger partial charge in [-0.05, 0) is 22.5 Å². The van der Waals surface area contributed by atoms with Crippen LogP contribution in [0.1, 0.15) is 51.9 Å². The number of amides is 1. The van der Waals surface area contributed by atoms with Crippen LogP contribution in [0.25, 0.3) is 0 Å². The molecule has 1 atom stereocenters. The van der Waals surface area contributed by atoms with E-state index in [9.17, 15) is 4.79 Å². The lowest BCUT2D eigenvalue weighted by molar-refractivity contribution is -0.128. The molecule has 110 valence electrons. The topological polar surface area (TPSA) is 32.3 Å². The van der Waals surface area contributed by atoms with Crippen LogP contribution in [0.4, 0.5) is 0 Å². The van der Waals surface area contributed by atoms with E-state index in [-0.39, 0.29) is 17.5 Å². The molecule has 1 aliphatic rings. The SMILES string of the molecule is CC(C)CN1C(=O)CNC1c1ccc(C(C)(C)C)cc1. The molecule has 0 radical (unpaired) electrons. The maximum Gasteiger partial charge on any atom is 0.238 e. The van der Waals surface area contributed by atoms with Gasteiger partial charge in [-0.2, -0.15) is 0 Å². The molecule has 0 aliphatic carbocycles. The normalized spacial score (nSPS) is 20.0. The van der Waals surface area contributed by atoms with E-state index in [0.29, 0.717) is 12.5 Å². The molecule has 0 aromatic heterocycles. The molecule has 20 heavy (non-hydrogen) atoms. The Labute approximate surface area is 122 Å². The summed E-state index contributed by atoms with van der Waals surface area (Å²) in [4.78, 5) is 13.9. The van der Waals surface area contributed by atoms with Crippen LogP contribution in [0.5, 0.6) is 0 Å². The highest BCUT2D eigenvalue weighted by Gasteiger charge is 2.31. The fraction of sp³-hybridized carbons (Fsp3) is 0.588. The number of carbonyl (C=O) groups excluding carboxylic acids is 1. The Hall–Kier alpha value is -1.35. The van der Waals surface area contributed by atoms with E-state index < -0.39 is 0 Å². The quantitative estimate of drug-likeness (QED) is 0.918. The lowest BCUT2D eigenvalue weighted by Crippen LogP contribution is -2.33. The summed E-state index contributed by atoms with van der Waals surface area (Å²) in [6.07, 6.45) is 0.0268. The average molecular weight is 274 g/mol. The van der Waals surface area contributed by atoms with Gasteiger partial charge in [0.25, 0.3) is 0 Å². The summed E-state index contributed by atoms with van der Waals surface area (Å²) in [6, 6.07) is 8.63. The molecular weight excluding hydrogens is 248 g/mol. The Kier molecular flexibility index (Phi) is 4.19. The fourth-order valence-electron chi connectivity index (χ4n) is 2.60. The second-order valence-electron chi connectivity index (χ2n) is 7.10. The van der Waals surface area contributed by atoms with Crippen LogP contribution >= 0.6 is 0 Å². The maximum absolute atomic E-state index is 12.0. The summed E-state index contributed by atoms with van der Waals surface area (Å²) in [5, 5.41) is 3.31. The van der Waals surface area contributed by atoms with Crippen LogP contribution in [0.15, 0.2) is 24.3 Å². The molecule has 3 nitrogen and oxygen atoms in total. The van der Waals surface area contributed by atoms with Crippen molar-refractivity contribution in [3.63, 3.8) is 0 Å². The predicted octanol–water partition coefficient (Wildman–Crippen LogP) is 3.07. The highest BCUT2D eigenvalue weighted by Crippen LogP contribution is 2.27. The molecule has 0 spiro atoms. The lowest BCUT2D eigenvalue weighted by Gasteiger charge is -2.27. The Balaban J connectivity index is 2.20. The number of carbonyl (C=O) groups is 1. The van der Waals surface area contributed by atoms with Crippen molar-refractivity contribution in [1.82, 2.24) is 10.2 Å². The predicted molar refractivity (Wildman–Crippen MR) is 82.4 cm³/mol. The van der Waals surface area contributed by atoms with Crippen molar-refractivity contribution in [2.45, 2.75) is 46.2 Å². The lowest BCUT2D eigenvalue weighted by atomic mass is 9.86. The highest BCUT2D eigenvalue weighted by molar-refractivity contribution is 5.81. The molecule has 1 heterocycles. The van der Waals surface area contributed by atoms with Gasteiger partial charge < -0.3 is 4.90 Å². The van der Waals surface area contributed by atoms with Crippen LogP contribution in [0.2, 0.25) is 0 Å². The Morgan fingerprint density at radius 2 is 1.85 bits per heavy atom. The zero-order chi connectivity index (χ0) is 14.9. The Morgan fingerprint density at radius 1 is 1.25 bits per heavy atom. The summed E-state index contributed by atoms with van der Waals surface area (Å²) >= 11 is 0. The van der Waals surface area contributed by atoms with Gasteiger partial charge >= 0.3 is 0 Å². The van der Waals surface area contributed by atoms with Crippen LogP contribution < -0.4 is 5.32 Å². The first kappa shape index (κ1) is 15.0. The van der Waals surface area contributed by atoms with Gasteiger partial charge in [0.1, 0.15) is 6.17 Å². The number of nitrogens with one attached hydrogen (secondary N) is 1. The second-order valence-corrected chi connectivity index (χ2v) is 7.10. The van der Waals surface area contributed by atoms with Crippen LogP contribution in [0, 0.1) is 5.92 Å². The summed E-state index contributed by atoms with van der Waals surface area (Å²) in [5.41, 5.74) is 2.65. The smallest absolute Gasteiger partial charge is 0.238 e. The van der Waals surface area contributed by atoms with E-state index in [1.807, 2.05) is 4.90 Å². The third-order valence-corrected chi connectivity index (χ3v) is 3.73. The average Bonchev–Trinajstić information content (AvgIpc) is 2.70. The molecule has 2 rings (SSSR count). The van der Waals surface area contributed by atoms with Crippen molar-refractivity contribution in [1.29, 1.82) is 0 Å². The number of benzene rings is 1. The highest BCUT2D eigenvalue weighted by atomic mass is 16.2. The summed E-state index contributed by atoms with van der Waals surface area (Å²) in [7, 11) is 0. The van der Waals surface area contributed by atoms with Crippen LogP contribution in [0.3, 0.4) is 0 Å². The van der Waals surface area contributed by atoms with Gasteiger partial charge in [0, 0.05) is 6.54 Å². The van der Waals surface area contributed by atoms with Crippen molar-refractivity contribution in [2.24, 2.45) is 5.92 Å². The molecule has 0 saturated carbocycles. The van der Waals surface area contributed by atoms with E-state index >= 15 is 0 Å². The molecule has 0 bridgehead atoms. The zero-order valence-corrected chi connectivity index (χ0v) is 13.2. The van der Waals surface area contributed by atoms with Gasteiger partial charge in [-0.25, -0.2) is 0 Å². The molecule has 1 fully saturated rings. The van der Waals surface area contributed by atoms with Crippen LogP contribution in [-0.2, 0) is 10.2 Å². The number of hydrogen-bond donors (Lipinski definition) is 1. The first-order valence-electron chi connectivity index (χ1n) is 7.42. The van der Waals surface area contributed by atoms with Crippen molar-refractivity contribution in [2.75, 3.05) is 13.1 Å². The summed E-state index contributed by atoms with van der Waals surface area (Å²) in [6.45, 7) is 12.2. The minimum absolute atomic E-state index is 0.0268. The van der Waals surface area contributed by atoms with Gasteiger partial charge in [-0.1, -0.05) is 58.9 Å². The largest absolute Gasteiger partial charge is 0.322 e. The van der Waals surface area contributed by atoms with Gasteiger partial charge in [-0.3, -0.25) is 10.1 Å². The van der Waals surface area contributed by atoms with Gasteiger partial charge in [0.15, 0.2) is 0 Å². The number of rotatable bonds is 3. The van der Waals surface area contributed by atoms with E-state index in [1.54, 1.807) is 0 Å². The molecule has 3 heteroatoms. The standard InChI is InChI=1S/C17H26N2O/c1-12(2)11-19-15(20)10-18-16(19)13-6-8-14(9-7-13)17(3,4)5/h6-9,12,16,18H,10-11H2,1-5H3. The summed E-state index contributed by atoms with van der Waals surface area (Å²) in [5.74, 6) is 0.679. The van der Waals surface area contributed by atoms with Crippen molar-refractivity contribution in [3.8, 4) is 0 Å². The van der Waals surface area contributed by atoms with E-state index in [2.05, 4.69) is 64.2 Å². The van der Waals surface area contributed by atoms with E-state index in [1.165, 1.54) is 11.1 Å². The van der Waals surface area contributed by atoms with Gasteiger partial charge in [0.05, 0.1) is 6.54 Å². The molecular formula is C17H26N2O. The Bertz CT molecular complexity index is 471. The summed E-state index contributed by atoms with van der Waals surface area (Å²) < 4.78 is 0. The fourth-order valence-corrected chi connectivity index (χ4v) is 2.60. The number of hydrogen-bond acceptors (Lipinski definition) is 2. The minimum Gasteiger partial charge on any atom is -0.322 e. The van der Waals surface area contributed by atoms with Crippen molar-refractivity contribution >= 4 is 5.91 Å². The molecule has 1 aromatic rings. The molecule has 1 N–H and O–H groups in total. The third-order valence-electron chi connectivity index (χ3n) is 3.73. The first-order valence-corrected chi connectivity index (χ1v) is 7.42. The van der Waals surface area contributed by atoms with Crippen molar-refractivity contribution in [3.05, 3.63) is 35.4 Å². The molecule has 1 unspecified atom stereocenters. The van der Waals surface area contributed by atoms with Gasteiger partial charge in [-0.15, -0.1) is 0 Å². The van der Waals surface area contributed by atoms with Gasteiger partial charge in [0.2, 0.25) is 5.91 Å². The second kappa shape index (κ2) is 5.57. The monoisotopic (exact) mass is 274 g/mol. The van der Waals surface area contributed by atoms with Crippen LogP contribution in [-0.4, -0.2) is 23.9 Å². The molecule has 1 aromatic carbocycles. The van der Waals surface area contributed by atoms with Crippen molar-refractivity contribution < 1.29 is 4.79 Å². The minimum atomic E-state index is 0.0268. The van der Waals surface area contributed by atoms with E-state index in [0.717, 1.165) is 6.54 Å². The zero-order valence-electron chi connectivity index (χ0n) is 13.2. The van der Waals surface area contributed by atoms with E-state index in [4.69, 9.17) is 0 Å². The molecule has 1 aliphatic heterocycles. The Morgan fingerprint density at radius 3 is 2.35 bits per heavy atom. The first-order chi connectivity index (χ1) is 9.29. The third kappa shape index (κ3) is 3.21.